The van der Waals surface area contributed by atoms with Crippen molar-refractivity contribution in [1.29, 1.82) is 0 Å². The first-order chi connectivity index (χ1) is 15.7. The summed E-state index contributed by atoms with van der Waals surface area (Å²) in [5, 5.41) is 4.02. The molecule has 0 spiro atoms. The summed E-state index contributed by atoms with van der Waals surface area (Å²) in [6.45, 7) is 0.174. The number of rotatable bonds is 6. The minimum atomic E-state index is -0.0466. The van der Waals surface area contributed by atoms with Crippen molar-refractivity contribution < 1.29 is 4.79 Å². The summed E-state index contributed by atoms with van der Waals surface area (Å²) >= 11 is 1.36. The average molecular weight is 436 g/mol. The highest BCUT2D eigenvalue weighted by Crippen LogP contribution is 2.41. The van der Waals surface area contributed by atoms with Crippen molar-refractivity contribution in [2.75, 3.05) is 17.6 Å². The molecule has 0 bridgehead atoms. The van der Waals surface area contributed by atoms with E-state index in [0.717, 1.165) is 38.3 Å². The van der Waals surface area contributed by atoms with E-state index < -0.39 is 0 Å². The average Bonchev–Trinajstić information content (AvgIpc) is 3.20. The van der Waals surface area contributed by atoms with Crippen LogP contribution < -0.4 is 11.1 Å². The number of nitrogen functional groups attached to an aromatic ring is 1. The number of hydrogen-bond donors (Lipinski definition) is 2. The van der Waals surface area contributed by atoms with Gasteiger partial charge in [0, 0.05) is 16.6 Å². The van der Waals surface area contributed by atoms with Crippen molar-refractivity contribution in [3.63, 3.8) is 0 Å². The lowest BCUT2D eigenvalue weighted by Gasteiger charge is -2.09. The molecular weight excluding hydrogens is 414 g/mol. The molecule has 32 heavy (non-hydrogen) atoms. The lowest BCUT2D eigenvalue weighted by atomic mass is 9.99. The Labute approximate surface area is 190 Å². The molecule has 5 aromatic rings. The molecule has 5 rings (SSSR count). The Hall–Kier alpha value is -3.96. The van der Waals surface area contributed by atoms with Crippen molar-refractivity contribution in [2.24, 2.45) is 0 Å². The number of nitrogens with two attached hydrogens (primary N) is 1. The second kappa shape index (κ2) is 8.65. The predicted octanol–water partition coefficient (Wildman–Crippen LogP) is 6.51. The molecule has 0 amide bonds. The van der Waals surface area contributed by atoms with Gasteiger partial charge in [-0.15, -0.1) is 11.3 Å². The number of fused-ring (bicyclic) bond motifs is 1. The van der Waals surface area contributed by atoms with E-state index in [4.69, 9.17) is 10.7 Å². The van der Waals surface area contributed by atoms with Gasteiger partial charge in [-0.25, -0.2) is 4.98 Å². The maximum Gasteiger partial charge on any atom is 0.193 e. The second-order valence-corrected chi connectivity index (χ2v) is 8.45. The first-order valence-electron chi connectivity index (χ1n) is 10.4. The van der Waals surface area contributed by atoms with Crippen LogP contribution in [-0.4, -0.2) is 17.3 Å². The maximum atomic E-state index is 13.1. The number of carbonyl (C=O) groups excluding carboxylic acids is 1. The van der Waals surface area contributed by atoms with Crippen LogP contribution in [0.4, 0.5) is 11.4 Å². The fraction of sp³-hybridized carbons (Fsp3) is 0.0370. The van der Waals surface area contributed by atoms with Crippen molar-refractivity contribution in [3.05, 3.63) is 102 Å². The summed E-state index contributed by atoms with van der Waals surface area (Å²) in [6.07, 6.45) is 0. The van der Waals surface area contributed by atoms with Crippen LogP contribution in [0.5, 0.6) is 0 Å². The van der Waals surface area contributed by atoms with Crippen LogP contribution in [-0.2, 0) is 0 Å². The number of hydrogen-bond acceptors (Lipinski definition) is 5. The minimum absolute atomic E-state index is 0.0466. The third kappa shape index (κ3) is 3.86. The van der Waals surface area contributed by atoms with Crippen LogP contribution in [0.1, 0.15) is 9.67 Å². The number of anilines is 2. The molecule has 0 atom stereocenters. The number of para-hydroxylation sites is 1. The largest absolute Gasteiger partial charge is 0.397 e. The van der Waals surface area contributed by atoms with Crippen LogP contribution >= 0.6 is 11.3 Å². The second-order valence-electron chi connectivity index (χ2n) is 7.45. The Balaban J connectivity index is 1.61. The van der Waals surface area contributed by atoms with Crippen molar-refractivity contribution >= 4 is 38.7 Å². The molecule has 0 radical (unpaired) electrons. The molecule has 3 aromatic carbocycles. The molecule has 2 aromatic heterocycles. The van der Waals surface area contributed by atoms with Gasteiger partial charge in [0.05, 0.1) is 22.8 Å². The molecule has 0 saturated carbocycles. The summed E-state index contributed by atoms with van der Waals surface area (Å²) in [6, 6.07) is 31.9. The van der Waals surface area contributed by atoms with Gasteiger partial charge in [0.2, 0.25) is 0 Å². The summed E-state index contributed by atoms with van der Waals surface area (Å²) in [5.74, 6) is -0.0466. The number of nitrogens with one attached hydrogen (secondary N) is 1. The minimum Gasteiger partial charge on any atom is -0.397 e. The summed E-state index contributed by atoms with van der Waals surface area (Å²) < 4.78 is 0. The van der Waals surface area contributed by atoms with E-state index in [-0.39, 0.29) is 12.3 Å². The highest BCUT2D eigenvalue weighted by atomic mass is 32.1. The highest BCUT2D eigenvalue weighted by molar-refractivity contribution is 7.21. The number of nitrogens with zero attached hydrogens (tertiary/aromatic N) is 1. The molecule has 156 valence electrons. The van der Waals surface area contributed by atoms with E-state index in [2.05, 4.69) is 23.5 Å². The van der Waals surface area contributed by atoms with E-state index in [9.17, 15) is 4.79 Å². The normalized spacial score (nSPS) is 10.9. The van der Waals surface area contributed by atoms with Crippen LogP contribution in [0.25, 0.3) is 32.6 Å². The van der Waals surface area contributed by atoms with Gasteiger partial charge in [0.15, 0.2) is 5.78 Å². The Morgan fingerprint density at radius 2 is 1.44 bits per heavy atom. The summed E-state index contributed by atoms with van der Waals surface area (Å²) in [7, 11) is 0. The molecule has 5 heteroatoms. The monoisotopic (exact) mass is 435 g/mol. The molecule has 0 aliphatic heterocycles. The Morgan fingerprint density at radius 3 is 2.09 bits per heavy atom. The van der Waals surface area contributed by atoms with Gasteiger partial charge in [-0.05, 0) is 29.3 Å². The van der Waals surface area contributed by atoms with Gasteiger partial charge >= 0.3 is 0 Å². The first kappa shape index (κ1) is 20.0. The third-order valence-corrected chi connectivity index (χ3v) is 6.47. The van der Waals surface area contributed by atoms with Gasteiger partial charge < -0.3 is 11.1 Å². The molecule has 3 N–H and O–H groups in total. The van der Waals surface area contributed by atoms with Gasteiger partial charge in [0.25, 0.3) is 0 Å². The van der Waals surface area contributed by atoms with Gasteiger partial charge in [0.1, 0.15) is 4.83 Å². The van der Waals surface area contributed by atoms with Crippen molar-refractivity contribution in [1.82, 2.24) is 4.98 Å². The Morgan fingerprint density at radius 1 is 0.844 bits per heavy atom. The molecule has 0 aliphatic carbocycles. The SMILES string of the molecule is Nc1c(C(=O)CNc2ccccc2)sc2nc(-c3ccccc3)cc(-c3ccccc3)c12. The molecular formula is C27H21N3OS. The number of pyridine rings is 1. The van der Waals surface area contributed by atoms with Crippen LogP contribution in [0.15, 0.2) is 97.1 Å². The quantitative estimate of drug-likeness (QED) is 0.298. The van der Waals surface area contributed by atoms with Crippen LogP contribution in [0, 0.1) is 0 Å². The molecule has 0 aliphatic rings. The summed E-state index contributed by atoms with van der Waals surface area (Å²) in [5.41, 5.74) is 11.9. The van der Waals surface area contributed by atoms with Crippen LogP contribution in [0.2, 0.25) is 0 Å². The molecule has 2 heterocycles. The predicted molar refractivity (Wildman–Crippen MR) is 134 cm³/mol. The lowest BCUT2D eigenvalue weighted by Crippen LogP contribution is -2.13. The molecule has 4 nitrogen and oxygen atoms in total. The van der Waals surface area contributed by atoms with E-state index in [1.54, 1.807) is 0 Å². The number of thiophene rings is 1. The Bertz CT molecular complexity index is 1380. The maximum absolute atomic E-state index is 13.1. The van der Waals surface area contributed by atoms with E-state index in [0.29, 0.717) is 10.6 Å². The number of ketones is 1. The smallest absolute Gasteiger partial charge is 0.193 e. The standard InChI is InChI=1S/C27H21N3OS/c28-25-24-21(18-10-4-1-5-11-18)16-22(19-12-6-2-7-13-19)30-27(24)32-26(25)23(31)17-29-20-14-8-3-9-15-20/h1-16,29H,17,28H2. The zero-order valence-corrected chi connectivity index (χ0v) is 18.1. The topological polar surface area (TPSA) is 68.0 Å². The zero-order valence-electron chi connectivity index (χ0n) is 17.3. The Kier molecular flexibility index (Phi) is 5.40. The molecule has 0 fully saturated rings. The van der Waals surface area contributed by atoms with Gasteiger partial charge in [-0.3, -0.25) is 4.79 Å². The van der Waals surface area contributed by atoms with Gasteiger partial charge in [-0.1, -0.05) is 78.9 Å². The van der Waals surface area contributed by atoms with Crippen LogP contribution in [0.3, 0.4) is 0 Å². The lowest BCUT2D eigenvalue weighted by molar-refractivity contribution is 0.101. The van der Waals surface area contributed by atoms with Crippen molar-refractivity contribution in [2.45, 2.75) is 0 Å². The third-order valence-electron chi connectivity index (χ3n) is 5.33. The molecule has 0 saturated heterocycles. The number of Topliss-reactive ketones (excluding diaryl/α,β-unsaturated/α-hetero) is 1. The van der Waals surface area contributed by atoms with Crippen molar-refractivity contribution in [3.8, 4) is 22.4 Å². The number of carbonyl (C=O) groups is 1. The zero-order chi connectivity index (χ0) is 21.9. The molecule has 0 unspecified atom stereocenters. The number of aromatic nitrogens is 1. The van der Waals surface area contributed by atoms with Gasteiger partial charge in [-0.2, -0.15) is 0 Å². The fourth-order valence-corrected chi connectivity index (χ4v) is 4.81. The highest BCUT2D eigenvalue weighted by Gasteiger charge is 2.21. The number of benzene rings is 3. The van der Waals surface area contributed by atoms with E-state index in [1.807, 2.05) is 78.9 Å². The fourth-order valence-electron chi connectivity index (χ4n) is 3.75. The first-order valence-corrected chi connectivity index (χ1v) is 11.2. The summed E-state index contributed by atoms with van der Waals surface area (Å²) in [4.78, 5) is 19.2. The van der Waals surface area contributed by atoms with E-state index >= 15 is 0 Å². The van der Waals surface area contributed by atoms with E-state index in [1.165, 1.54) is 11.3 Å².